The first-order chi connectivity index (χ1) is 7.43. The first-order valence-corrected chi connectivity index (χ1v) is 5.11. The first-order valence-electron chi connectivity index (χ1n) is 5.11. The molecule has 2 aromatic rings. The molecule has 2 aromatic carbocycles. The second-order valence-corrected chi connectivity index (χ2v) is 3.07. The average Bonchev–Trinajstić information content (AvgIpc) is 2.94. The third-order valence-corrected chi connectivity index (χ3v) is 1.84. The third-order valence-electron chi connectivity index (χ3n) is 1.84. The van der Waals surface area contributed by atoms with E-state index in [-0.39, 0.29) is 17.1 Å². The molecule has 0 radical (unpaired) electrons. The van der Waals surface area contributed by atoms with Gasteiger partial charge in [0.05, 0.1) is 0 Å². The molecule has 84 valence electrons. The molecule has 0 N–H and O–H groups in total. The number of hydrogen-bond acceptors (Lipinski definition) is 0. The average molecular weight is 252 g/mol. The molecule has 0 amide bonds. The van der Waals surface area contributed by atoms with Crippen LogP contribution in [0.1, 0.15) is 12.5 Å². The minimum absolute atomic E-state index is 0. The number of rotatable bonds is 2. The minimum Gasteiger partial charge on any atom is -0.214 e. The fraction of sp³-hybridized carbons (Fsp3) is 0.0667. The van der Waals surface area contributed by atoms with Gasteiger partial charge >= 0.3 is 17.1 Å². The molecule has 0 heterocycles. The second kappa shape index (κ2) is 10.2. The molecule has 0 fully saturated rings. The molecule has 0 aliphatic carbocycles. The summed E-state index contributed by atoms with van der Waals surface area (Å²) in [5.74, 6) is 0. The maximum atomic E-state index is 2.08. The van der Waals surface area contributed by atoms with Crippen LogP contribution in [0, 0.1) is 0 Å². The standard InChI is InChI=1S/C10H11.C5H5.Fe/c1-2-3-4-7-10-8-5-6-9-10;1-2-4-5-3-1;/h2-9H,1H3;1-5H;/q2*-1;+2. The van der Waals surface area contributed by atoms with Gasteiger partial charge in [0.1, 0.15) is 0 Å². The molecule has 0 saturated carbocycles. The monoisotopic (exact) mass is 252 g/mol. The fourth-order valence-electron chi connectivity index (χ4n) is 1.10. The van der Waals surface area contributed by atoms with Crippen LogP contribution in [-0.2, 0) is 17.1 Å². The summed E-state index contributed by atoms with van der Waals surface area (Å²) in [4.78, 5) is 0. The number of hydrogen-bond donors (Lipinski definition) is 0. The Kier molecular flexibility index (Phi) is 9.39. The predicted octanol–water partition coefficient (Wildman–Crippen LogP) is 4.40. The van der Waals surface area contributed by atoms with Crippen molar-refractivity contribution in [3.8, 4) is 0 Å². The van der Waals surface area contributed by atoms with Crippen LogP contribution in [0.4, 0.5) is 0 Å². The summed E-state index contributed by atoms with van der Waals surface area (Å²) in [6, 6.07) is 18.2. The van der Waals surface area contributed by atoms with Crippen LogP contribution >= 0.6 is 0 Å². The van der Waals surface area contributed by atoms with Crippen molar-refractivity contribution < 1.29 is 17.1 Å². The van der Waals surface area contributed by atoms with Crippen molar-refractivity contribution in [2.45, 2.75) is 6.92 Å². The van der Waals surface area contributed by atoms with Gasteiger partial charge in [-0.2, -0.15) is 30.3 Å². The molecule has 0 nitrogen and oxygen atoms in total. The summed E-state index contributed by atoms with van der Waals surface area (Å²) >= 11 is 0. The Hall–Kier alpha value is -1.30. The van der Waals surface area contributed by atoms with Crippen LogP contribution < -0.4 is 0 Å². The third kappa shape index (κ3) is 7.05. The Morgan fingerprint density at radius 2 is 1.56 bits per heavy atom. The maximum absolute atomic E-state index is 2.08. The van der Waals surface area contributed by atoms with Gasteiger partial charge in [-0.1, -0.05) is 6.08 Å². The molecular formula is C15H16Fe. The van der Waals surface area contributed by atoms with Crippen LogP contribution in [-0.4, -0.2) is 0 Å². The summed E-state index contributed by atoms with van der Waals surface area (Å²) in [5.41, 5.74) is 1.26. The van der Waals surface area contributed by atoms with E-state index in [9.17, 15) is 0 Å². The summed E-state index contributed by atoms with van der Waals surface area (Å²) in [6.45, 7) is 2.01. The van der Waals surface area contributed by atoms with Gasteiger partial charge in [0.15, 0.2) is 0 Å². The van der Waals surface area contributed by atoms with Gasteiger partial charge < -0.3 is 0 Å². The molecule has 0 unspecified atom stereocenters. The van der Waals surface area contributed by atoms with Gasteiger partial charge in [-0.15, -0.1) is 35.9 Å². The smallest absolute Gasteiger partial charge is 0.214 e. The molecule has 0 aliphatic heterocycles. The molecule has 1 heteroatoms. The zero-order valence-corrected chi connectivity index (χ0v) is 10.5. The van der Waals surface area contributed by atoms with Crippen molar-refractivity contribution in [1.29, 1.82) is 0 Å². The molecule has 16 heavy (non-hydrogen) atoms. The molecule has 0 saturated heterocycles. The van der Waals surface area contributed by atoms with E-state index < -0.39 is 0 Å². The van der Waals surface area contributed by atoms with E-state index in [4.69, 9.17) is 0 Å². The molecular weight excluding hydrogens is 236 g/mol. The second-order valence-electron chi connectivity index (χ2n) is 3.07. The summed E-state index contributed by atoms with van der Waals surface area (Å²) in [7, 11) is 0. The van der Waals surface area contributed by atoms with E-state index in [1.54, 1.807) is 0 Å². The van der Waals surface area contributed by atoms with Gasteiger partial charge in [-0.05, 0) is 6.92 Å². The van der Waals surface area contributed by atoms with E-state index in [1.807, 2.05) is 67.6 Å². The molecule has 2 rings (SSSR count). The van der Waals surface area contributed by atoms with E-state index in [2.05, 4.69) is 18.2 Å². The van der Waals surface area contributed by atoms with Crippen LogP contribution in [0.25, 0.3) is 6.08 Å². The van der Waals surface area contributed by atoms with Crippen molar-refractivity contribution in [3.05, 3.63) is 78.4 Å². The molecule has 0 aromatic heterocycles. The topological polar surface area (TPSA) is 0 Å². The summed E-state index contributed by atoms with van der Waals surface area (Å²) < 4.78 is 0. The van der Waals surface area contributed by atoms with E-state index in [0.29, 0.717) is 0 Å². The van der Waals surface area contributed by atoms with Crippen molar-refractivity contribution in [3.63, 3.8) is 0 Å². The Morgan fingerprint density at radius 1 is 0.938 bits per heavy atom. The van der Waals surface area contributed by atoms with Crippen molar-refractivity contribution in [2.24, 2.45) is 0 Å². The van der Waals surface area contributed by atoms with E-state index in [1.165, 1.54) is 5.56 Å². The Morgan fingerprint density at radius 3 is 2.00 bits per heavy atom. The van der Waals surface area contributed by atoms with Gasteiger partial charge in [0, 0.05) is 0 Å². The van der Waals surface area contributed by atoms with Crippen molar-refractivity contribution >= 4 is 6.08 Å². The van der Waals surface area contributed by atoms with Gasteiger partial charge in [-0.25, -0.2) is 12.1 Å². The molecule has 0 aliphatic rings. The normalized spacial score (nSPS) is 9.81. The molecule has 0 bridgehead atoms. The van der Waals surface area contributed by atoms with Gasteiger partial charge in [-0.3, -0.25) is 0 Å². The molecule has 0 atom stereocenters. The molecule has 0 spiro atoms. The SMILES string of the molecule is CC=CC=C[c-]1cccc1.[Fe+2].c1cc[cH-]c1. The van der Waals surface area contributed by atoms with Crippen LogP contribution in [0.2, 0.25) is 0 Å². The summed E-state index contributed by atoms with van der Waals surface area (Å²) in [6.07, 6.45) is 8.15. The number of allylic oxidation sites excluding steroid dienone is 3. The zero-order chi connectivity index (χ0) is 10.8. The van der Waals surface area contributed by atoms with E-state index in [0.717, 1.165) is 0 Å². The van der Waals surface area contributed by atoms with Gasteiger partial charge in [0.2, 0.25) is 0 Å². The minimum atomic E-state index is 0. The van der Waals surface area contributed by atoms with Crippen LogP contribution in [0.15, 0.2) is 72.8 Å². The summed E-state index contributed by atoms with van der Waals surface area (Å²) in [5, 5.41) is 0. The van der Waals surface area contributed by atoms with Crippen molar-refractivity contribution in [1.82, 2.24) is 0 Å². The van der Waals surface area contributed by atoms with Crippen LogP contribution in [0.3, 0.4) is 0 Å². The van der Waals surface area contributed by atoms with E-state index >= 15 is 0 Å². The van der Waals surface area contributed by atoms with Crippen molar-refractivity contribution in [2.75, 3.05) is 0 Å². The zero-order valence-electron chi connectivity index (χ0n) is 9.36. The first kappa shape index (κ1) is 14.7. The predicted molar refractivity (Wildman–Crippen MR) is 67.9 cm³/mol. The van der Waals surface area contributed by atoms with Gasteiger partial charge in [0.25, 0.3) is 0 Å². The van der Waals surface area contributed by atoms with Crippen LogP contribution in [0.5, 0.6) is 0 Å². The Balaban J connectivity index is 0.000000318. The Bertz CT molecular complexity index is 346. The fourth-order valence-corrected chi connectivity index (χ4v) is 1.10. The Labute approximate surface area is 109 Å². The maximum Gasteiger partial charge on any atom is 2.00 e. The quantitative estimate of drug-likeness (QED) is 0.422. The largest absolute Gasteiger partial charge is 2.00 e.